The Morgan fingerprint density at radius 3 is 2.15 bits per heavy atom. The number of H-pyrrole nitrogens is 1. The van der Waals surface area contributed by atoms with Crippen LogP contribution < -0.4 is 4.72 Å². The summed E-state index contributed by atoms with van der Waals surface area (Å²) in [4.78, 5) is 16.5. The van der Waals surface area contributed by atoms with Crippen LogP contribution in [0.3, 0.4) is 0 Å². The van der Waals surface area contributed by atoms with Crippen molar-refractivity contribution in [3.05, 3.63) is 95.6 Å². The first-order valence-corrected chi connectivity index (χ1v) is 13.5. The van der Waals surface area contributed by atoms with Crippen LogP contribution in [0.1, 0.15) is 28.4 Å². The number of sulfonamides is 1. The Hall–Kier alpha value is -4.71. The predicted octanol–water partition coefficient (Wildman–Crippen LogP) is 6.37. The van der Waals surface area contributed by atoms with E-state index >= 15 is 0 Å². The van der Waals surface area contributed by atoms with E-state index in [9.17, 15) is 31.5 Å². The van der Waals surface area contributed by atoms with Crippen molar-refractivity contribution < 1.29 is 31.5 Å². The number of nitrogens with zero attached hydrogens (tertiary/aromatic N) is 2. The number of carboxylic acids is 1. The molecule has 0 radical (unpaired) electrons. The minimum Gasteiger partial charge on any atom is -0.478 e. The number of carboxylic acid groups (broad SMARTS) is 1. The van der Waals surface area contributed by atoms with Crippen LogP contribution in [0.15, 0.2) is 83.8 Å². The van der Waals surface area contributed by atoms with Crippen LogP contribution >= 0.6 is 0 Å². The zero-order chi connectivity index (χ0) is 28.7. The minimum atomic E-state index is -4.54. The molecule has 0 amide bonds. The fourth-order valence-corrected chi connectivity index (χ4v) is 5.26. The lowest BCUT2D eigenvalue weighted by molar-refractivity contribution is -0.137. The van der Waals surface area contributed by atoms with Crippen molar-refractivity contribution >= 4 is 32.7 Å². The predicted molar refractivity (Wildman–Crippen MR) is 143 cm³/mol. The molecule has 0 spiro atoms. The quantitative estimate of drug-likeness (QED) is 0.210. The van der Waals surface area contributed by atoms with Crippen LogP contribution in [0, 0.1) is 0 Å². The van der Waals surface area contributed by atoms with Crippen LogP contribution in [0.2, 0.25) is 0 Å². The normalized spacial score (nSPS) is 12.0. The van der Waals surface area contributed by atoms with E-state index in [-0.39, 0.29) is 27.5 Å². The maximum absolute atomic E-state index is 12.8. The van der Waals surface area contributed by atoms with Crippen molar-refractivity contribution in [3.63, 3.8) is 0 Å². The molecular weight excluding hydrogens is 545 g/mol. The van der Waals surface area contributed by atoms with Gasteiger partial charge in [-0.1, -0.05) is 43.3 Å². The van der Waals surface area contributed by atoms with Crippen molar-refractivity contribution in [3.8, 4) is 22.5 Å². The molecule has 0 aliphatic heterocycles. The Morgan fingerprint density at radius 1 is 0.950 bits per heavy atom. The van der Waals surface area contributed by atoms with Gasteiger partial charge >= 0.3 is 12.1 Å². The molecule has 3 aromatic carbocycles. The van der Waals surface area contributed by atoms with Gasteiger partial charge < -0.3 is 5.11 Å². The van der Waals surface area contributed by atoms with Crippen LogP contribution in [0.5, 0.6) is 0 Å². The second-order valence-corrected chi connectivity index (χ2v) is 10.6. The molecule has 0 saturated heterocycles. The number of benzene rings is 3. The number of halogens is 3. The molecule has 204 valence electrons. The molecule has 8 nitrogen and oxygen atoms in total. The molecule has 0 saturated carbocycles. The summed E-state index contributed by atoms with van der Waals surface area (Å²) in [5, 5.41) is 17.4. The third-order valence-corrected chi connectivity index (χ3v) is 7.73. The average Bonchev–Trinajstić information content (AvgIpc) is 3.36. The van der Waals surface area contributed by atoms with E-state index in [0.29, 0.717) is 16.6 Å². The zero-order valence-corrected chi connectivity index (χ0v) is 21.6. The number of fused-ring (bicyclic) bond motifs is 1. The lowest BCUT2D eigenvalue weighted by atomic mass is 10.0. The fraction of sp³-hybridized carbons (Fsp3) is 0.107. The molecule has 5 rings (SSSR count). The van der Waals surface area contributed by atoms with E-state index in [0.717, 1.165) is 41.8 Å². The Morgan fingerprint density at radius 2 is 1.57 bits per heavy atom. The summed E-state index contributed by atoms with van der Waals surface area (Å²) in [5.41, 5.74) is 2.34. The smallest absolute Gasteiger partial charge is 0.416 e. The highest BCUT2D eigenvalue weighted by atomic mass is 32.2. The van der Waals surface area contributed by atoms with Crippen LogP contribution in [-0.4, -0.2) is 34.7 Å². The number of pyridine rings is 1. The molecule has 2 aromatic heterocycles. The van der Waals surface area contributed by atoms with Gasteiger partial charge in [0.2, 0.25) is 0 Å². The standard InChI is InChI=1S/C28H21F3N4O4S/c1-2-16-3-5-18(6-4-16)25-24-22(27(36)37)15-23(32-26(24)34-33-25)17-7-13-21(14-8-17)40(38,39)35-20-11-9-19(10-12-20)28(29,30)31/h3-15,35H,2H2,1H3,(H,36,37)(H,32,33,34). The summed E-state index contributed by atoms with van der Waals surface area (Å²) in [6.45, 7) is 2.03. The van der Waals surface area contributed by atoms with Crippen molar-refractivity contribution in [1.82, 2.24) is 15.2 Å². The maximum Gasteiger partial charge on any atom is 0.416 e. The molecular formula is C28H21F3N4O4S. The number of anilines is 1. The highest BCUT2D eigenvalue weighted by Crippen LogP contribution is 2.33. The molecule has 0 bridgehead atoms. The van der Waals surface area contributed by atoms with Gasteiger partial charge in [-0.2, -0.15) is 18.3 Å². The Labute approximate surface area is 226 Å². The third-order valence-electron chi connectivity index (χ3n) is 6.33. The molecule has 3 N–H and O–H groups in total. The Balaban J connectivity index is 1.45. The average molecular weight is 567 g/mol. The molecule has 40 heavy (non-hydrogen) atoms. The Kier molecular flexibility index (Phi) is 6.80. The molecule has 5 aromatic rings. The first kappa shape index (κ1) is 26.9. The Bertz CT molecular complexity index is 1820. The van der Waals surface area contributed by atoms with E-state index in [1.54, 1.807) is 0 Å². The number of carbonyl (C=O) groups is 1. The topological polar surface area (TPSA) is 125 Å². The van der Waals surface area contributed by atoms with Gasteiger partial charge in [0.15, 0.2) is 5.65 Å². The molecule has 0 aliphatic rings. The highest BCUT2D eigenvalue weighted by Gasteiger charge is 2.30. The monoisotopic (exact) mass is 566 g/mol. The second kappa shape index (κ2) is 10.1. The number of aromatic nitrogens is 3. The number of aromatic carboxylic acids is 1. The summed E-state index contributed by atoms with van der Waals surface area (Å²) < 4.78 is 66.2. The SMILES string of the molecule is CCc1ccc(-c2[nH]nc3nc(-c4ccc(S(=O)(=O)Nc5ccc(C(F)(F)F)cc5)cc4)cc(C(=O)O)c23)cc1. The number of hydrogen-bond acceptors (Lipinski definition) is 5. The van der Waals surface area contributed by atoms with E-state index < -0.39 is 27.7 Å². The summed E-state index contributed by atoms with van der Waals surface area (Å²) in [7, 11) is -4.11. The van der Waals surface area contributed by atoms with Crippen LogP contribution in [0.25, 0.3) is 33.5 Å². The van der Waals surface area contributed by atoms with E-state index in [1.807, 2.05) is 31.2 Å². The summed E-state index contributed by atoms with van der Waals surface area (Å²) >= 11 is 0. The lowest BCUT2D eigenvalue weighted by Crippen LogP contribution is -2.13. The minimum absolute atomic E-state index is 0.0241. The molecule has 2 heterocycles. The molecule has 0 fully saturated rings. The van der Waals surface area contributed by atoms with Gasteiger partial charge in [-0.05, 0) is 54.4 Å². The number of nitrogens with one attached hydrogen (secondary N) is 2. The number of hydrogen-bond donors (Lipinski definition) is 3. The van der Waals surface area contributed by atoms with Crippen molar-refractivity contribution in [2.45, 2.75) is 24.4 Å². The number of alkyl halides is 3. The molecule has 0 atom stereocenters. The zero-order valence-electron chi connectivity index (χ0n) is 20.8. The van der Waals surface area contributed by atoms with Gasteiger partial charge in [0, 0.05) is 16.8 Å². The molecule has 12 heteroatoms. The lowest BCUT2D eigenvalue weighted by Gasteiger charge is -2.11. The largest absolute Gasteiger partial charge is 0.478 e. The molecule has 0 unspecified atom stereocenters. The fourth-order valence-electron chi connectivity index (χ4n) is 4.20. The number of rotatable bonds is 7. The maximum atomic E-state index is 12.8. The first-order valence-electron chi connectivity index (χ1n) is 12.0. The number of aromatic amines is 1. The van der Waals surface area contributed by atoms with E-state index in [4.69, 9.17) is 0 Å². The number of aryl methyl sites for hydroxylation is 1. The van der Waals surface area contributed by atoms with E-state index in [2.05, 4.69) is 19.9 Å². The summed E-state index contributed by atoms with van der Waals surface area (Å²) in [6.07, 6.45) is -3.68. The van der Waals surface area contributed by atoms with Crippen LogP contribution in [0.4, 0.5) is 18.9 Å². The third kappa shape index (κ3) is 5.25. The molecule has 0 aliphatic carbocycles. The van der Waals surface area contributed by atoms with Crippen molar-refractivity contribution in [1.29, 1.82) is 0 Å². The second-order valence-electron chi connectivity index (χ2n) is 8.91. The first-order chi connectivity index (χ1) is 19.0. The van der Waals surface area contributed by atoms with E-state index in [1.165, 1.54) is 30.3 Å². The highest BCUT2D eigenvalue weighted by molar-refractivity contribution is 7.92. The van der Waals surface area contributed by atoms with Gasteiger partial charge in [0.25, 0.3) is 10.0 Å². The van der Waals surface area contributed by atoms with Crippen LogP contribution in [-0.2, 0) is 22.6 Å². The van der Waals surface area contributed by atoms with Crippen molar-refractivity contribution in [2.75, 3.05) is 4.72 Å². The van der Waals surface area contributed by atoms with Gasteiger partial charge in [-0.3, -0.25) is 9.82 Å². The van der Waals surface area contributed by atoms with Gasteiger partial charge in [-0.15, -0.1) is 0 Å². The van der Waals surface area contributed by atoms with Crippen molar-refractivity contribution in [2.24, 2.45) is 0 Å². The summed E-state index contributed by atoms with van der Waals surface area (Å²) in [5.74, 6) is -1.18. The summed E-state index contributed by atoms with van der Waals surface area (Å²) in [6, 6.07) is 18.2. The van der Waals surface area contributed by atoms with Gasteiger partial charge in [0.05, 0.1) is 32.8 Å². The van der Waals surface area contributed by atoms with Gasteiger partial charge in [-0.25, -0.2) is 18.2 Å². The van der Waals surface area contributed by atoms with Gasteiger partial charge in [0.1, 0.15) is 0 Å².